The molecule has 3 nitrogen and oxygen atoms in total. The predicted molar refractivity (Wildman–Crippen MR) is 52.7 cm³/mol. The zero-order valence-corrected chi connectivity index (χ0v) is 8.54. The van der Waals surface area contributed by atoms with Crippen molar-refractivity contribution in [2.24, 2.45) is 5.41 Å². The van der Waals surface area contributed by atoms with Crippen LogP contribution in [-0.4, -0.2) is 18.4 Å². The lowest BCUT2D eigenvalue weighted by atomic mass is 9.82. The van der Waals surface area contributed by atoms with Crippen LogP contribution in [0.5, 0.6) is 0 Å². The summed E-state index contributed by atoms with van der Waals surface area (Å²) in [6.07, 6.45) is 3.92. The third-order valence-corrected chi connectivity index (χ3v) is 2.70. The van der Waals surface area contributed by atoms with Crippen LogP contribution in [0.2, 0.25) is 0 Å². The molecule has 1 aliphatic rings. The lowest BCUT2D eigenvalue weighted by Gasteiger charge is -2.22. The van der Waals surface area contributed by atoms with E-state index in [0.29, 0.717) is 25.9 Å². The molecular formula is C11H16O3. The molecule has 0 unspecified atom stereocenters. The number of rotatable bonds is 4. The SMILES string of the molecule is C=CC[C@@]1(C(=O)OCC)CCCC1=O. The second-order valence-electron chi connectivity index (χ2n) is 3.57. The van der Waals surface area contributed by atoms with Crippen LogP contribution >= 0.6 is 0 Å². The van der Waals surface area contributed by atoms with Gasteiger partial charge in [-0.15, -0.1) is 6.58 Å². The molecule has 0 heterocycles. The van der Waals surface area contributed by atoms with E-state index in [4.69, 9.17) is 4.74 Å². The van der Waals surface area contributed by atoms with Crippen molar-refractivity contribution in [3.63, 3.8) is 0 Å². The van der Waals surface area contributed by atoms with Gasteiger partial charge in [0.05, 0.1) is 6.61 Å². The summed E-state index contributed by atoms with van der Waals surface area (Å²) in [6.45, 7) is 5.66. The van der Waals surface area contributed by atoms with E-state index in [-0.39, 0.29) is 11.8 Å². The maximum Gasteiger partial charge on any atom is 0.319 e. The van der Waals surface area contributed by atoms with Crippen molar-refractivity contribution in [1.29, 1.82) is 0 Å². The van der Waals surface area contributed by atoms with Gasteiger partial charge in [0.1, 0.15) is 5.41 Å². The van der Waals surface area contributed by atoms with Gasteiger partial charge >= 0.3 is 5.97 Å². The van der Waals surface area contributed by atoms with Crippen molar-refractivity contribution in [1.82, 2.24) is 0 Å². The molecule has 0 radical (unpaired) electrons. The summed E-state index contributed by atoms with van der Waals surface area (Å²) in [5, 5.41) is 0. The molecule has 1 rings (SSSR count). The smallest absolute Gasteiger partial charge is 0.319 e. The van der Waals surface area contributed by atoms with Gasteiger partial charge in [-0.2, -0.15) is 0 Å². The second kappa shape index (κ2) is 4.40. The molecule has 0 saturated heterocycles. The summed E-state index contributed by atoms with van der Waals surface area (Å²) < 4.78 is 4.94. The van der Waals surface area contributed by atoms with Crippen LogP contribution in [0.4, 0.5) is 0 Å². The first-order valence-electron chi connectivity index (χ1n) is 4.99. The van der Waals surface area contributed by atoms with Crippen molar-refractivity contribution in [2.45, 2.75) is 32.6 Å². The molecule has 14 heavy (non-hydrogen) atoms. The highest BCUT2D eigenvalue weighted by Crippen LogP contribution is 2.39. The molecule has 0 bridgehead atoms. The van der Waals surface area contributed by atoms with Crippen LogP contribution in [0.15, 0.2) is 12.7 Å². The highest BCUT2D eigenvalue weighted by Gasteiger charge is 2.48. The van der Waals surface area contributed by atoms with E-state index in [1.54, 1.807) is 13.0 Å². The van der Waals surface area contributed by atoms with Crippen LogP contribution < -0.4 is 0 Å². The first kappa shape index (κ1) is 11.0. The number of esters is 1. The number of ether oxygens (including phenoxy) is 1. The summed E-state index contributed by atoms with van der Waals surface area (Å²) in [4.78, 5) is 23.3. The van der Waals surface area contributed by atoms with Crippen molar-refractivity contribution < 1.29 is 14.3 Å². The molecule has 0 aliphatic heterocycles. The molecule has 0 aromatic carbocycles. The normalized spacial score (nSPS) is 26.2. The summed E-state index contributed by atoms with van der Waals surface area (Å²) in [7, 11) is 0. The van der Waals surface area contributed by atoms with E-state index in [1.807, 2.05) is 0 Å². The fourth-order valence-electron chi connectivity index (χ4n) is 1.96. The van der Waals surface area contributed by atoms with Crippen molar-refractivity contribution in [3.8, 4) is 0 Å². The van der Waals surface area contributed by atoms with Crippen LogP contribution in [0, 0.1) is 5.41 Å². The molecule has 1 fully saturated rings. The minimum Gasteiger partial charge on any atom is -0.465 e. The van der Waals surface area contributed by atoms with Gasteiger partial charge in [0.15, 0.2) is 5.78 Å². The molecule has 0 N–H and O–H groups in total. The molecule has 3 heteroatoms. The summed E-state index contributed by atoms with van der Waals surface area (Å²) in [6, 6.07) is 0. The van der Waals surface area contributed by atoms with E-state index in [2.05, 4.69) is 6.58 Å². The first-order valence-corrected chi connectivity index (χ1v) is 4.99. The molecule has 78 valence electrons. The first-order chi connectivity index (χ1) is 6.67. The lowest BCUT2D eigenvalue weighted by molar-refractivity contribution is -0.158. The minimum atomic E-state index is -0.905. The topological polar surface area (TPSA) is 43.4 Å². The Morgan fingerprint density at radius 1 is 1.71 bits per heavy atom. The molecule has 0 amide bonds. The standard InChI is InChI=1S/C11H16O3/c1-3-7-11(10(13)14-4-2)8-5-6-9(11)12/h3H,1,4-8H2,2H3/t11-/m1/s1. The van der Waals surface area contributed by atoms with Gasteiger partial charge in [-0.3, -0.25) is 9.59 Å². The Balaban J connectivity index is 2.85. The average molecular weight is 196 g/mol. The van der Waals surface area contributed by atoms with Gasteiger partial charge in [-0.05, 0) is 26.2 Å². The predicted octanol–water partition coefficient (Wildman–Crippen LogP) is 1.86. The highest BCUT2D eigenvalue weighted by molar-refractivity contribution is 6.05. The van der Waals surface area contributed by atoms with Crippen molar-refractivity contribution >= 4 is 11.8 Å². The van der Waals surface area contributed by atoms with Gasteiger partial charge in [-0.1, -0.05) is 6.08 Å². The number of hydrogen-bond donors (Lipinski definition) is 0. The van der Waals surface area contributed by atoms with Gasteiger partial charge < -0.3 is 4.74 Å². The molecular weight excluding hydrogens is 180 g/mol. The van der Waals surface area contributed by atoms with Gasteiger partial charge in [0.25, 0.3) is 0 Å². The fourth-order valence-corrected chi connectivity index (χ4v) is 1.96. The van der Waals surface area contributed by atoms with Gasteiger partial charge in [0, 0.05) is 6.42 Å². The quantitative estimate of drug-likeness (QED) is 0.391. The largest absolute Gasteiger partial charge is 0.465 e. The number of carbonyl (C=O) groups is 2. The zero-order valence-electron chi connectivity index (χ0n) is 8.54. The average Bonchev–Trinajstić information content (AvgIpc) is 2.50. The van der Waals surface area contributed by atoms with E-state index >= 15 is 0 Å². The van der Waals surface area contributed by atoms with E-state index in [0.717, 1.165) is 6.42 Å². The highest BCUT2D eigenvalue weighted by atomic mass is 16.5. The maximum atomic E-state index is 11.7. The number of hydrogen-bond acceptors (Lipinski definition) is 3. The van der Waals surface area contributed by atoms with E-state index < -0.39 is 5.41 Å². The summed E-state index contributed by atoms with van der Waals surface area (Å²) >= 11 is 0. The van der Waals surface area contributed by atoms with Crippen LogP contribution in [0.3, 0.4) is 0 Å². The third-order valence-electron chi connectivity index (χ3n) is 2.70. The van der Waals surface area contributed by atoms with Gasteiger partial charge in [-0.25, -0.2) is 0 Å². The molecule has 0 spiro atoms. The van der Waals surface area contributed by atoms with Crippen molar-refractivity contribution in [3.05, 3.63) is 12.7 Å². The second-order valence-corrected chi connectivity index (χ2v) is 3.57. The van der Waals surface area contributed by atoms with Gasteiger partial charge in [0.2, 0.25) is 0 Å². The molecule has 0 aromatic rings. The Kier molecular flexibility index (Phi) is 3.44. The molecule has 1 saturated carbocycles. The number of allylic oxidation sites excluding steroid dienone is 1. The number of carbonyl (C=O) groups excluding carboxylic acids is 2. The Morgan fingerprint density at radius 2 is 2.43 bits per heavy atom. The minimum absolute atomic E-state index is 0.0100. The van der Waals surface area contributed by atoms with Crippen LogP contribution in [0.25, 0.3) is 0 Å². The van der Waals surface area contributed by atoms with E-state index in [9.17, 15) is 9.59 Å². The third kappa shape index (κ3) is 1.72. The Labute approximate surface area is 84.1 Å². The number of ketones is 1. The fraction of sp³-hybridized carbons (Fsp3) is 0.636. The zero-order chi connectivity index (χ0) is 10.6. The summed E-state index contributed by atoms with van der Waals surface area (Å²) in [5.74, 6) is -0.363. The maximum absolute atomic E-state index is 11.7. The Morgan fingerprint density at radius 3 is 2.86 bits per heavy atom. The molecule has 1 atom stereocenters. The molecule has 1 aliphatic carbocycles. The van der Waals surface area contributed by atoms with E-state index in [1.165, 1.54) is 0 Å². The molecule has 0 aromatic heterocycles. The lowest BCUT2D eigenvalue weighted by Crippen LogP contribution is -2.36. The summed E-state index contributed by atoms with van der Waals surface area (Å²) in [5.41, 5.74) is -0.905. The monoisotopic (exact) mass is 196 g/mol. The van der Waals surface area contributed by atoms with Crippen molar-refractivity contribution in [2.75, 3.05) is 6.61 Å². The Hall–Kier alpha value is -1.12. The van der Waals surface area contributed by atoms with Crippen LogP contribution in [-0.2, 0) is 14.3 Å². The Bertz CT molecular complexity index is 257. The van der Waals surface area contributed by atoms with Crippen LogP contribution in [0.1, 0.15) is 32.6 Å². The number of Topliss-reactive ketones (excluding diaryl/α,β-unsaturated/α-hetero) is 1.